The van der Waals surface area contributed by atoms with E-state index in [4.69, 9.17) is 39.8 Å². The van der Waals surface area contributed by atoms with Crippen LogP contribution in [0.25, 0.3) is 17.4 Å². The predicted octanol–water partition coefficient (Wildman–Crippen LogP) is 7.68. The molecule has 0 radical (unpaired) electrons. The number of hydrogen-bond donors (Lipinski definition) is 0. The zero-order chi connectivity index (χ0) is 22.3. The fourth-order valence-corrected chi connectivity index (χ4v) is 4.45. The highest BCUT2D eigenvalue weighted by molar-refractivity contribution is 8.27. The molecule has 4 rings (SSSR count). The van der Waals surface area contributed by atoms with E-state index < -0.39 is 17.6 Å². The van der Waals surface area contributed by atoms with Crippen molar-refractivity contribution in [1.29, 1.82) is 0 Å². The van der Waals surface area contributed by atoms with Crippen molar-refractivity contribution in [1.82, 2.24) is 0 Å². The van der Waals surface area contributed by atoms with Crippen LogP contribution < -0.4 is 4.90 Å². The van der Waals surface area contributed by atoms with Gasteiger partial charge < -0.3 is 4.42 Å². The minimum absolute atomic E-state index is 0.0525. The number of halogens is 5. The number of benzene rings is 2. The number of thiocarbonyl (C=S) groups is 1. The molecule has 3 aromatic rings. The maximum absolute atomic E-state index is 13.0. The third kappa shape index (κ3) is 4.52. The Labute approximate surface area is 194 Å². The second-order valence-electron chi connectivity index (χ2n) is 6.40. The van der Waals surface area contributed by atoms with Gasteiger partial charge in [-0.2, -0.15) is 13.2 Å². The molecular formula is C21H10Cl2F3NO2S2. The number of carbonyl (C=O) groups is 1. The summed E-state index contributed by atoms with van der Waals surface area (Å²) >= 11 is 18.2. The minimum Gasteiger partial charge on any atom is -0.457 e. The molecule has 1 fully saturated rings. The van der Waals surface area contributed by atoms with Crippen LogP contribution in [0.2, 0.25) is 10.0 Å². The van der Waals surface area contributed by atoms with Crippen LogP contribution in [0.1, 0.15) is 11.3 Å². The molecule has 158 valence electrons. The van der Waals surface area contributed by atoms with Gasteiger partial charge in [0.2, 0.25) is 0 Å². The van der Waals surface area contributed by atoms with Gasteiger partial charge in [-0.1, -0.05) is 53.2 Å². The van der Waals surface area contributed by atoms with Crippen molar-refractivity contribution in [3.8, 4) is 11.3 Å². The van der Waals surface area contributed by atoms with Crippen molar-refractivity contribution in [2.75, 3.05) is 4.90 Å². The van der Waals surface area contributed by atoms with Crippen LogP contribution in [-0.4, -0.2) is 10.2 Å². The Morgan fingerprint density at radius 3 is 2.52 bits per heavy atom. The van der Waals surface area contributed by atoms with Crippen molar-refractivity contribution in [2.24, 2.45) is 0 Å². The number of thioether (sulfide) groups is 1. The lowest BCUT2D eigenvalue weighted by atomic mass is 10.2. The molecule has 1 saturated heterocycles. The normalized spacial score (nSPS) is 15.9. The summed E-state index contributed by atoms with van der Waals surface area (Å²) in [5.41, 5.74) is -0.109. The molecule has 2 aromatic carbocycles. The average Bonchev–Trinajstić information content (AvgIpc) is 3.28. The Bertz CT molecular complexity index is 1240. The number of alkyl halides is 3. The number of amides is 1. The Morgan fingerprint density at radius 2 is 1.81 bits per heavy atom. The smallest absolute Gasteiger partial charge is 0.416 e. The Hall–Kier alpha value is -2.26. The molecule has 0 saturated carbocycles. The maximum Gasteiger partial charge on any atom is 0.416 e. The summed E-state index contributed by atoms with van der Waals surface area (Å²) in [4.78, 5) is 14.1. The third-order valence-electron chi connectivity index (χ3n) is 4.33. The lowest BCUT2D eigenvalue weighted by Crippen LogP contribution is -2.27. The first kappa shape index (κ1) is 22.0. The molecule has 0 unspecified atom stereocenters. The average molecular weight is 500 g/mol. The topological polar surface area (TPSA) is 33.5 Å². The van der Waals surface area contributed by atoms with Crippen LogP contribution >= 0.6 is 47.2 Å². The minimum atomic E-state index is -4.53. The SMILES string of the molecule is O=C1/C(=C/c2ccc(-c3ccc(Cl)c(Cl)c3)o2)SC(=S)N1c1cccc(C(F)(F)F)c1. The highest BCUT2D eigenvalue weighted by Gasteiger charge is 2.36. The highest BCUT2D eigenvalue weighted by atomic mass is 35.5. The summed E-state index contributed by atoms with van der Waals surface area (Å²) in [5, 5.41) is 0.787. The molecular weight excluding hydrogens is 490 g/mol. The Kier molecular flexibility index (Phi) is 5.91. The predicted molar refractivity (Wildman–Crippen MR) is 121 cm³/mol. The Balaban J connectivity index is 1.61. The zero-order valence-corrected chi connectivity index (χ0v) is 18.4. The molecule has 3 nitrogen and oxygen atoms in total. The first-order chi connectivity index (χ1) is 14.6. The molecule has 1 amide bonds. The molecule has 1 aromatic heterocycles. The summed E-state index contributed by atoms with van der Waals surface area (Å²) in [6.07, 6.45) is -3.03. The zero-order valence-electron chi connectivity index (χ0n) is 15.2. The van der Waals surface area contributed by atoms with Crippen molar-refractivity contribution in [3.63, 3.8) is 0 Å². The quantitative estimate of drug-likeness (QED) is 0.273. The molecule has 0 N–H and O–H groups in total. The second kappa shape index (κ2) is 8.35. The fraction of sp³-hybridized carbons (Fsp3) is 0.0476. The number of hydrogen-bond acceptors (Lipinski definition) is 4. The van der Waals surface area contributed by atoms with E-state index in [0.29, 0.717) is 27.1 Å². The molecule has 2 heterocycles. The summed E-state index contributed by atoms with van der Waals surface area (Å²) in [6.45, 7) is 0. The molecule has 1 aliphatic heterocycles. The molecule has 10 heteroatoms. The van der Waals surface area contributed by atoms with Gasteiger partial charge in [-0.25, -0.2) is 0 Å². The van der Waals surface area contributed by atoms with Crippen molar-refractivity contribution in [3.05, 3.63) is 80.9 Å². The van der Waals surface area contributed by atoms with Crippen molar-refractivity contribution >= 4 is 69.2 Å². The molecule has 0 spiro atoms. The third-order valence-corrected chi connectivity index (χ3v) is 6.37. The number of anilines is 1. The van der Waals surface area contributed by atoms with E-state index >= 15 is 0 Å². The van der Waals surface area contributed by atoms with Crippen LogP contribution in [0.3, 0.4) is 0 Å². The molecule has 1 aliphatic rings. The summed E-state index contributed by atoms with van der Waals surface area (Å²) in [6, 6.07) is 12.9. The van der Waals surface area contributed by atoms with E-state index in [1.165, 1.54) is 18.2 Å². The van der Waals surface area contributed by atoms with Crippen LogP contribution in [0.5, 0.6) is 0 Å². The number of nitrogens with zero attached hydrogens (tertiary/aromatic N) is 1. The summed E-state index contributed by atoms with van der Waals surface area (Å²) in [5.74, 6) is 0.366. The van der Waals surface area contributed by atoms with E-state index in [9.17, 15) is 18.0 Å². The van der Waals surface area contributed by atoms with Gasteiger partial charge in [-0.15, -0.1) is 0 Å². The van der Waals surface area contributed by atoms with E-state index in [0.717, 1.165) is 28.8 Å². The van der Waals surface area contributed by atoms with E-state index in [2.05, 4.69) is 0 Å². The Morgan fingerprint density at radius 1 is 1.03 bits per heavy atom. The largest absolute Gasteiger partial charge is 0.457 e. The van der Waals surface area contributed by atoms with Gasteiger partial charge in [0.05, 0.1) is 26.2 Å². The molecule has 0 aliphatic carbocycles. The maximum atomic E-state index is 13.0. The van der Waals surface area contributed by atoms with Gasteiger partial charge >= 0.3 is 6.18 Å². The van der Waals surface area contributed by atoms with Gasteiger partial charge in [-0.05, 0) is 48.5 Å². The van der Waals surface area contributed by atoms with Gasteiger partial charge in [0, 0.05) is 11.6 Å². The van der Waals surface area contributed by atoms with E-state index in [1.807, 2.05) is 0 Å². The first-order valence-corrected chi connectivity index (χ1v) is 10.6. The molecule has 31 heavy (non-hydrogen) atoms. The highest BCUT2D eigenvalue weighted by Crippen LogP contribution is 2.39. The number of rotatable bonds is 3. The van der Waals surface area contributed by atoms with Crippen LogP contribution in [-0.2, 0) is 11.0 Å². The fourth-order valence-electron chi connectivity index (χ4n) is 2.88. The summed E-state index contributed by atoms with van der Waals surface area (Å²) < 4.78 is 45.0. The van der Waals surface area contributed by atoms with Gasteiger partial charge in [0.1, 0.15) is 11.5 Å². The number of carbonyl (C=O) groups excluding carboxylic acids is 1. The van der Waals surface area contributed by atoms with Crippen LogP contribution in [0, 0.1) is 0 Å². The van der Waals surface area contributed by atoms with Gasteiger partial charge in [0.25, 0.3) is 5.91 Å². The van der Waals surface area contributed by atoms with Crippen LogP contribution in [0.15, 0.2) is 63.9 Å². The summed E-state index contributed by atoms with van der Waals surface area (Å²) in [7, 11) is 0. The monoisotopic (exact) mass is 499 g/mol. The van der Waals surface area contributed by atoms with Crippen molar-refractivity contribution in [2.45, 2.75) is 6.18 Å². The molecule has 0 atom stereocenters. The first-order valence-electron chi connectivity index (χ1n) is 8.64. The molecule has 0 bridgehead atoms. The number of furan rings is 1. The lowest BCUT2D eigenvalue weighted by molar-refractivity contribution is -0.137. The van der Waals surface area contributed by atoms with Crippen molar-refractivity contribution < 1.29 is 22.4 Å². The van der Waals surface area contributed by atoms with Gasteiger partial charge in [-0.3, -0.25) is 9.69 Å². The standard InChI is InChI=1S/C21H10Cl2F3NO2S2/c22-15-6-4-11(8-16(15)23)17-7-5-14(29-17)10-18-19(28)27(20(30)31-18)13-3-1-2-12(9-13)21(24,25)26/h1-10H/b18-10-. The van der Waals surface area contributed by atoms with E-state index in [1.54, 1.807) is 30.3 Å². The second-order valence-corrected chi connectivity index (χ2v) is 8.89. The van der Waals surface area contributed by atoms with Crippen LogP contribution in [0.4, 0.5) is 18.9 Å². The van der Waals surface area contributed by atoms with Gasteiger partial charge in [0.15, 0.2) is 4.32 Å². The van der Waals surface area contributed by atoms with E-state index in [-0.39, 0.29) is 14.9 Å². The lowest BCUT2D eigenvalue weighted by Gasteiger charge is -2.16.